The van der Waals surface area contributed by atoms with E-state index in [1.54, 1.807) is 6.07 Å². The number of carbonyl (C=O) groups is 1. The average molecular weight is 385 g/mol. The number of benzene rings is 1. The van der Waals surface area contributed by atoms with Crippen LogP contribution in [-0.4, -0.2) is 61.3 Å². The Morgan fingerprint density at radius 2 is 1.93 bits per heavy atom. The van der Waals surface area contributed by atoms with Crippen LogP contribution < -0.4 is 10.2 Å². The summed E-state index contributed by atoms with van der Waals surface area (Å²) < 4.78 is 38.6. The number of carboxylic acid groups (broad SMARTS) is 1. The second kappa shape index (κ2) is 8.48. The molecule has 2 unspecified atom stereocenters. The number of nitrogens with zero attached hydrogens (tertiary/aromatic N) is 2. The molecule has 1 saturated heterocycles. The maximum Gasteiger partial charge on any atom is 0.416 e. The Labute approximate surface area is 157 Å². The van der Waals surface area contributed by atoms with Crippen LogP contribution >= 0.6 is 0 Å². The highest BCUT2D eigenvalue weighted by Gasteiger charge is 2.33. The third kappa shape index (κ3) is 5.13. The Morgan fingerprint density at radius 3 is 2.59 bits per heavy atom. The minimum absolute atomic E-state index is 0.0499. The molecule has 27 heavy (non-hydrogen) atoms. The number of halogens is 3. The van der Waals surface area contributed by atoms with E-state index in [0.717, 1.165) is 51.5 Å². The van der Waals surface area contributed by atoms with Gasteiger partial charge in [0.25, 0.3) is 0 Å². The molecule has 150 valence electrons. The van der Waals surface area contributed by atoms with Crippen LogP contribution in [-0.2, 0) is 11.0 Å². The molecule has 0 radical (unpaired) electrons. The standard InChI is InChI=1S/C19H26F3N3O2/c20-19(21,22)14-3-1-4-15(13-14)25-11-9-24(10-12-25)8-7-23-17-6-2-5-16(17)18(26)27/h1,3-4,13,16-17,23H,2,5-12H2,(H,26,27). The number of nitrogens with one attached hydrogen (secondary N) is 1. The van der Waals surface area contributed by atoms with Crippen LogP contribution in [0, 0.1) is 5.92 Å². The highest BCUT2D eigenvalue weighted by Crippen LogP contribution is 2.32. The quantitative estimate of drug-likeness (QED) is 0.789. The van der Waals surface area contributed by atoms with Crippen molar-refractivity contribution in [3.05, 3.63) is 29.8 Å². The van der Waals surface area contributed by atoms with E-state index < -0.39 is 17.7 Å². The Hall–Kier alpha value is -1.80. The third-order valence-corrected chi connectivity index (χ3v) is 5.58. The molecule has 0 spiro atoms. The Morgan fingerprint density at radius 1 is 1.19 bits per heavy atom. The fourth-order valence-electron chi connectivity index (χ4n) is 4.02. The summed E-state index contributed by atoms with van der Waals surface area (Å²) in [5.41, 5.74) is -0.00552. The molecule has 0 bridgehead atoms. The van der Waals surface area contributed by atoms with E-state index in [1.807, 2.05) is 4.90 Å². The van der Waals surface area contributed by atoms with Gasteiger partial charge in [0.15, 0.2) is 0 Å². The lowest BCUT2D eigenvalue weighted by molar-refractivity contribution is -0.142. The van der Waals surface area contributed by atoms with E-state index in [9.17, 15) is 23.1 Å². The number of hydrogen-bond donors (Lipinski definition) is 2. The van der Waals surface area contributed by atoms with Gasteiger partial charge in [0, 0.05) is 51.0 Å². The van der Waals surface area contributed by atoms with Gasteiger partial charge in [-0.3, -0.25) is 9.69 Å². The molecule has 0 amide bonds. The maximum absolute atomic E-state index is 12.9. The number of alkyl halides is 3. The predicted molar refractivity (Wildman–Crippen MR) is 96.9 cm³/mol. The van der Waals surface area contributed by atoms with Gasteiger partial charge in [-0.1, -0.05) is 12.5 Å². The number of rotatable bonds is 6. The molecule has 8 heteroatoms. The lowest BCUT2D eigenvalue weighted by Crippen LogP contribution is -2.49. The van der Waals surface area contributed by atoms with Gasteiger partial charge < -0.3 is 15.3 Å². The van der Waals surface area contributed by atoms with Crippen molar-refractivity contribution in [2.45, 2.75) is 31.5 Å². The summed E-state index contributed by atoms with van der Waals surface area (Å²) in [5.74, 6) is -1.01. The van der Waals surface area contributed by atoms with Gasteiger partial charge in [0.05, 0.1) is 11.5 Å². The summed E-state index contributed by atoms with van der Waals surface area (Å²) >= 11 is 0. The van der Waals surface area contributed by atoms with E-state index in [4.69, 9.17) is 0 Å². The fraction of sp³-hybridized carbons (Fsp3) is 0.632. The van der Waals surface area contributed by atoms with Gasteiger partial charge in [-0.15, -0.1) is 0 Å². The Balaban J connectivity index is 1.44. The zero-order valence-electron chi connectivity index (χ0n) is 15.2. The lowest BCUT2D eigenvalue weighted by atomic mass is 10.0. The van der Waals surface area contributed by atoms with Crippen molar-refractivity contribution >= 4 is 11.7 Å². The lowest BCUT2D eigenvalue weighted by Gasteiger charge is -2.36. The maximum atomic E-state index is 12.9. The molecule has 2 aliphatic rings. The molecule has 1 aliphatic carbocycles. The average Bonchev–Trinajstić information content (AvgIpc) is 3.11. The molecule has 0 aromatic heterocycles. The summed E-state index contributed by atoms with van der Waals surface area (Å²) in [6, 6.07) is 5.53. The molecular formula is C19H26F3N3O2. The van der Waals surface area contributed by atoms with E-state index >= 15 is 0 Å². The minimum Gasteiger partial charge on any atom is -0.481 e. The topological polar surface area (TPSA) is 55.8 Å². The van der Waals surface area contributed by atoms with Crippen molar-refractivity contribution in [1.82, 2.24) is 10.2 Å². The highest BCUT2D eigenvalue weighted by atomic mass is 19.4. The van der Waals surface area contributed by atoms with E-state index in [1.165, 1.54) is 12.1 Å². The van der Waals surface area contributed by atoms with Gasteiger partial charge in [0.1, 0.15) is 0 Å². The summed E-state index contributed by atoms with van der Waals surface area (Å²) in [5, 5.41) is 12.6. The van der Waals surface area contributed by atoms with Crippen LogP contribution in [0.15, 0.2) is 24.3 Å². The minimum atomic E-state index is -4.32. The summed E-state index contributed by atoms with van der Waals surface area (Å²) in [6.07, 6.45) is -1.73. The van der Waals surface area contributed by atoms with Crippen LogP contribution in [0.4, 0.5) is 18.9 Å². The Kier molecular flexibility index (Phi) is 6.26. The first-order valence-electron chi connectivity index (χ1n) is 9.45. The van der Waals surface area contributed by atoms with Crippen LogP contribution in [0.2, 0.25) is 0 Å². The molecule has 1 aliphatic heterocycles. The first-order chi connectivity index (χ1) is 12.8. The third-order valence-electron chi connectivity index (χ3n) is 5.58. The predicted octanol–water partition coefficient (Wildman–Crippen LogP) is 2.67. The van der Waals surface area contributed by atoms with Gasteiger partial charge in [-0.25, -0.2) is 0 Å². The number of carboxylic acids is 1. The molecule has 2 fully saturated rings. The van der Waals surface area contributed by atoms with Crippen LogP contribution in [0.3, 0.4) is 0 Å². The molecule has 5 nitrogen and oxygen atoms in total. The van der Waals surface area contributed by atoms with Crippen molar-refractivity contribution in [3.63, 3.8) is 0 Å². The Bertz CT molecular complexity index is 645. The number of hydrogen-bond acceptors (Lipinski definition) is 4. The zero-order valence-corrected chi connectivity index (χ0v) is 15.2. The SMILES string of the molecule is O=C(O)C1CCCC1NCCN1CCN(c2cccc(C(F)(F)F)c2)CC1. The molecule has 2 N–H and O–H groups in total. The van der Waals surface area contributed by atoms with Crippen molar-refractivity contribution in [3.8, 4) is 0 Å². The second-order valence-electron chi connectivity index (χ2n) is 7.31. The van der Waals surface area contributed by atoms with E-state index in [0.29, 0.717) is 18.8 Å². The normalized spacial score (nSPS) is 24.3. The summed E-state index contributed by atoms with van der Waals surface area (Å²) in [7, 11) is 0. The van der Waals surface area contributed by atoms with Gasteiger partial charge in [-0.05, 0) is 31.0 Å². The molecule has 1 aromatic carbocycles. The van der Waals surface area contributed by atoms with Crippen molar-refractivity contribution in [2.24, 2.45) is 5.92 Å². The smallest absolute Gasteiger partial charge is 0.416 e. The number of aliphatic carboxylic acids is 1. The van der Waals surface area contributed by atoms with E-state index in [2.05, 4.69) is 10.2 Å². The number of anilines is 1. The van der Waals surface area contributed by atoms with Crippen molar-refractivity contribution in [2.75, 3.05) is 44.2 Å². The largest absolute Gasteiger partial charge is 0.481 e. The molecule has 1 heterocycles. The number of piperazine rings is 1. The molecule has 3 rings (SSSR count). The monoisotopic (exact) mass is 385 g/mol. The molecule has 1 saturated carbocycles. The van der Waals surface area contributed by atoms with Crippen LogP contribution in [0.5, 0.6) is 0 Å². The van der Waals surface area contributed by atoms with Crippen molar-refractivity contribution < 1.29 is 23.1 Å². The van der Waals surface area contributed by atoms with E-state index in [-0.39, 0.29) is 12.0 Å². The molecule has 1 aromatic rings. The van der Waals surface area contributed by atoms with Crippen LogP contribution in [0.25, 0.3) is 0 Å². The van der Waals surface area contributed by atoms with Crippen molar-refractivity contribution in [1.29, 1.82) is 0 Å². The molecule has 2 atom stereocenters. The summed E-state index contributed by atoms with van der Waals surface area (Å²) in [4.78, 5) is 15.5. The van der Waals surface area contributed by atoms with Gasteiger partial charge in [-0.2, -0.15) is 13.2 Å². The highest BCUT2D eigenvalue weighted by molar-refractivity contribution is 5.71. The second-order valence-corrected chi connectivity index (χ2v) is 7.31. The van der Waals surface area contributed by atoms with Gasteiger partial charge >= 0.3 is 12.1 Å². The molecular weight excluding hydrogens is 359 g/mol. The zero-order chi connectivity index (χ0) is 19.4. The first-order valence-corrected chi connectivity index (χ1v) is 9.45. The van der Waals surface area contributed by atoms with Crippen LogP contribution in [0.1, 0.15) is 24.8 Å². The fourth-order valence-corrected chi connectivity index (χ4v) is 4.02. The van der Waals surface area contributed by atoms with Gasteiger partial charge in [0.2, 0.25) is 0 Å². The first kappa shape index (κ1) is 19.9. The summed E-state index contributed by atoms with van der Waals surface area (Å²) in [6.45, 7) is 4.48.